The maximum Gasteiger partial charge on any atom is 0.179 e. The summed E-state index contributed by atoms with van der Waals surface area (Å²) in [7, 11) is -3.28. The molecule has 20 heavy (non-hydrogen) atoms. The molecule has 0 aromatic heterocycles. The Bertz CT molecular complexity index is 546. The van der Waals surface area contributed by atoms with Crippen LogP contribution in [0.1, 0.15) is 38.5 Å². The van der Waals surface area contributed by atoms with Crippen molar-refractivity contribution >= 4 is 9.84 Å². The highest BCUT2D eigenvalue weighted by atomic mass is 32.2. The van der Waals surface area contributed by atoms with Crippen LogP contribution in [0.4, 0.5) is 0 Å². The Hall–Kier alpha value is -1.07. The van der Waals surface area contributed by atoms with Gasteiger partial charge in [-0.15, -0.1) is 0 Å². The van der Waals surface area contributed by atoms with Gasteiger partial charge in [-0.1, -0.05) is 37.8 Å². The summed E-state index contributed by atoms with van der Waals surface area (Å²) in [5.41, 5.74) is 6.06. The molecule has 1 aliphatic rings. The molecule has 0 unspecified atom stereocenters. The van der Waals surface area contributed by atoms with E-state index in [-0.39, 0.29) is 10.4 Å². The minimum absolute atomic E-state index is 0.234. The first-order valence-corrected chi connectivity index (χ1v) is 9.01. The predicted octanol–water partition coefficient (Wildman–Crippen LogP) is 2.52. The summed E-state index contributed by atoms with van der Waals surface area (Å²) in [5.74, 6) is 0.407. The van der Waals surface area contributed by atoms with E-state index in [1.165, 1.54) is 19.1 Å². The number of hydrogen-bond acceptors (Lipinski definition) is 4. The third-order valence-corrected chi connectivity index (χ3v) is 5.00. The Morgan fingerprint density at radius 3 is 2.35 bits per heavy atom. The molecular weight excluding hydrogens is 274 g/mol. The SMILES string of the molecule is CS(=O)(=O)c1ccccc1OCC1(N)CCCCCC1. The van der Waals surface area contributed by atoms with Gasteiger partial charge in [-0.25, -0.2) is 8.42 Å². The number of hydrogen-bond donors (Lipinski definition) is 1. The van der Waals surface area contributed by atoms with Crippen LogP contribution in [0.2, 0.25) is 0 Å². The van der Waals surface area contributed by atoms with Crippen LogP contribution in [0.25, 0.3) is 0 Å². The molecule has 0 atom stereocenters. The minimum atomic E-state index is -3.28. The average Bonchev–Trinajstić information content (AvgIpc) is 2.61. The van der Waals surface area contributed by atoms with E-state index in [1.54, 1.807) is 24.3 Å². The third-order valence-electron chi connectivity index (χ3n) is 3.86. The van der Waals surface area contributed by atoms with Crippen molar-refractivity contribution in [2.75, 3.05) is 12.9 Å². The molecule has 2 rings (SSSR count). The maximum atomic E-state index is 11.7. The summed E-state index contributed by atoms with van der Waals surface area (Å²) in [6.45, 7) is 0.375. The number of rotatable bonds is 4. The van der Waals surface area contributed by atoms with Gasteiger partial charge in [0.05, 0.1) is 5.54 Å². The summed E-state index contributed by atoms with van der Waals surface area (Å²) < 4.78 is 29.2. The summed E-state index contributed by atoms with van der Waals surface area (Å²) in [6, 6.07) is 6.74. The lowest BCUT2D eigenvalue weighted by Crippen LogP contribution is -2.45. The summed E-state index contributed by atoms with van der Waals surface area (Å²) >= 11 is 0. The van der Waals surface area contributed by atoms with Crippen molar-refractivity contribution in [2.45, 2.75) is 49.0 Å². The number of para-hydroxylation sites is 1. The fourth-order valence-corrected chi connectivity index (χ4v) is 3.49. The Kier molecular flexibility index (Phi) is 4.70. The van der Waals surface area contributed by atoms with Crippen LogP contribution >= 0.6 is 0 Å². The molecule has 4 nitrogen and oxygen atoms in total. The predicted molar refractivity (Wildman–Crippen MR) is 79.7 cm³/mol. The van der Waals surface area contributed by atoms with Crippen LogP contribution in [0.5, 0.6) is 5.75 Å². The van der Waals surface area contributed by atoms with Gasteiger partial charge in [0.15, 0.2) is 9.84 Å². The van der Waals surface area contributed by atoms with Crippen molar-refractivity contribution < 1.29 is 13.2 Å². The van der Waals surface area contributed by atoms with Gasteiger partial charge in [0, 0.05) is 6.26 Å². The second-order valence-corrected chi connectivity index (χ2v) is 7.77. The van der Waals surface area contributed by atoms with Crippen LogP contribution in [0, 0.1) is 0 Å². The molecule has 0 radical (unpaired) electrons. The molecule has 0 spiro atoms. The first kappa shape index (κ1) is 15.3. The third kappa shape index (κ3) is 3.96. The van der Waals surface area contributed by atoms with Crippen LogP contribution in [-0.2, 0) is 9.84 Å². The van der Waals surface area contributed by atoms with E-state index in [2.05, 4.69) is 0 Å². The van der Waals surface area contributed by atoms with E-state index in [9.17, 15) is 8.42 Å². The van der Waals surface area contributed by atoms with Crippen molar-refractivity contribution in [3.05, 3.63) is 24.3 Å². The number of ether oxygens (including phenoxy) is 1. The molecule has 0 aliphatic heterocycles. The summed E-state index contributed by atoms with van der Waals surface area (Å²) in [6.07, 6.45) is 7.75. The van der Waals surface area contributed by atoms with Crippen LogP contribution in [-0.4, -0.2) is 26.8 Å². The first-order chi connectivity index (χ1) is 9.41. The minimum Gasteiger partial charge on any atom is -0.490 e. The van der Waals surface area contributed by atoms with Gasteiger partial charge in [0.2, 0.25) is 0 Å². The molecule has 112 valence electrons. The second kappa shape index (κ2) is 6.14. The Morgan fingerprint density at radius 1 is 1.15 bits per heavy atom. The largest absolute Gasteiger partial charge is 0.490 e. The molecule has 0 heterocycles. The van der Waals surface area contributed by atoms with Gasteiger partial charge in [0.1, 0.15) is 17.3 Å². The molecule has 1 aromatic rings. The Balaban J connectivity index is 2.11. The zero-order valence-corrected chi connectivity index (χ0v) is 12.8. The lowest BCUT2D eigenvalue weighted by molar-refractivity contribution is 0.195. The number of sulfone groups is 1. The van der Waals surface area contributed by atoms with Gasteiger partial charge < -0.3 is 10.5 Å². The molecule has 2 N–H and O–H groups in total. The summed E-state index contributed by atoms with van der Waals surface area (Å²) in [4.78, 5) is 0.234. The highest BCUT2D eigenvalue weighted by molar-refractivity contribution is 7.90. The van der Waals surface area contributed by atoms with Crippen molar-refractivity contribution in [3.8, 4) is 5.75 Å². The number of benzene rings is 1. The van der Waals surface area contributed by atoms with Crippen LogP contribution in [0.15, 0.2) is 29.2 Å². The van der Waals surface area contributed by atoms with E-state index in [0.717, 1.165) is 25.7 Å². The van der Waals surface area contributed by atoms with E-state index in [4.69, 9.17) is 10.5 Å². The van der Waals surface area contributed by atoms with Crippen molar-refractivity contribution in [1.29, 1.82) is 0 Å². The fraction of sp³-hybridized carbons (Fsp3) is 0.600. The first-order valence-electron chi connectivity index (χ1n) is 7.12. The van der Waals surface area contributed by atoms with Crippen molar-refractivity contribution in [2.24, 2.45) is 5.73 Å². The van der Waals surface area contributed by atoms with E-state index < -0.39 is 9.84 Å². The standard InChI is InChI=1S/C15H23NO3S/c1-20(17,18)14-9-5-4-8-13(14)19-12-15(16)10-6-2-3-7-11-15/h4-5,8-9H,2-3,6-7,10-12,16H2,1H3. The van der Waals surface area contributed by atoms with Crippen LogP contribution in [0.3, 0.4) is 0 Å². The van der Waals surface area contributed by atoms with E-state index >= 15 is 0 Å². The monoisotopic (exact) mass is 297 g/mol. The molecule has 0 bridgehead atoms. The number of nitrogens with two attached hydrogens (primary N) is 1. The van der Waals surface area contributed by atoms with Gasteiger partial charge >= 0.3 is 0 Å². The molecular formula is C15H23NO3S. The van der Waals surface area contributed by atoms with Crippen molar-refractivity contribution in [3.63, 3.8) is 0 Å². The highest BCUT2D eigenvalue weighted by Crippen LogP contribution is 2.28. The van der Waals surface area contributed by atoms with Crippen LogP contribution < -0.4 is 10.5 Å². The second-order valence-electron chi connectivity index (χ2n) is 5.78. The molecule has 1 aliphatic carbocycles. The van der Waals surface area contributed by atoms with Gasteiger partial charge in [0.25, 0.3) is 0 Å². The Labute approximate surface area is 121 Å². The van der Waals surface area contributed by atoms with Gasteiger partial charge in [-0.3, -0.25) is 0 Å². The quantitative estimate of drug-likeness (QED) is 0.867. The molecule has 1 fully saturated rings. The molecule has 1 saturated carbocycles. The van der Waals surface area contributed by atoms with Crippen molar-refractivity contribution in [1.82, 2.24) is 0 Å². The lowest BCUT2D eigenvalue weighted by Gasteiger charge is -2.28. The normalized spacial score (nSPS) is 19.3. The van der Waals surface area contributed by atoms with Gasteiger partial charge in [-0.2, -0.15) is 0 Å². The molecule has 0 saturated heterocycles. The molecule has 5 heteroatoms. The zero-order valence-electron chi connectivity index (χ0n) is 12.0. The zero-order chi connectivity index (χ0) is 14.6. The topological polar surface area (TPSA) is 69.4 Å². The Morgan fingerprint density at radius 2 is 1.75 bits per heavy atom. The molecule has 1 aromatic carbocycles. The summed E-state index contributed by atoms with van der Waals surface area (Å²) in [5, 5.41) is 0. The van der Waals surface area contributed by atoms with E-state index in [0.29, 0.717) is 12.4 Å². The fourth-order valence-electron chi connectivity index (χ4n) is 2.67. The molecule has 0 amide bonds. The smallest absolute Gasteiger partial charge is 0.179 e. The van der Waals surface area contributed by atoms with E-state index in [1.807, 2.05) is 0 Å². The lowest BCUT2D eigenvalue weighted by atomic mass is 9.92. The highest BCUT2D eigenvalue weighted by Gasteiger charge is 2.27. The average molecular weight is 297 g/mol. The van der Waals surface area contributed by atoms with Gasteiger partial charge in [-0.05, 0) is 25.0 Å². The maximum absolute atomic E-state index is 11.7.